The number of nitrogens with one attached hydrogen (secondary N) is 1. The number of carbonyl (C=O) groups excluding carboxylic acids is 1. The summed E-state index contributed by atoms with van der Waals surface area (Å²) in [6.45, 7) is 11.0. The third kappa shape index (κ3) is 7.14. The number of benzene rings is 1. The van der Waals surface area contributed by atoms with Gasteiger partial charge in [-0.1, -0.05) is 26.0 Å². The van der Waals surface area contributed by atoms with Gasteiger partial charge < -0.3 is 15.0 Å². The fourth-order valence-corrected chi connectivity index (χ4v) is 3.36. The van der Waals surface area contributed by atoms with E-state index in [1.807, 2.05) is 12.1 Å². The van der Waals surface area contributed by atoms with Gasteiger partial charge in [-0.15, -0.1) is 12.4 Å². The van der Waals surface area contributed by atoms with Crippen molar-refractivity contribution in [3.8, 4) is 5.75 Å². The summed E-state index contributed by atoms with van der Waals surface area (Å²) in [5.74, 6) is 1.30. The molecule has 0 aliphatic carbocycles. The van der Waals surface area contributed by atoms with Gasteiger partial charge in [0.1, 0.15) is 5.75 Å². The van der Waals surface area contributed by atoms with Gasteiger partial charge >= 0.3 is 0 Å². The first-order valence-corrected chi connectivity index (χ1v) is 9.51. The van der Waals surface area contributed by atoms with Crippen LogP contribution >= 0.6 is 12.4 Å². The fourth-order valence-electron chi connectivity index (χ4n) is 3.36. The van der Waals surface area contributed by atoms with Crippen molar-refractivity contribution in [2.75, 3.05) is 46.4 Å². The monoisotopic (exact) mass is 383 g/mol. The average Bonchev–Trinajstić information content (AvgIpc) is 2.66. The van der Waals surface area contributed by atoms with Crippen LogP contribution in [0.2, 0.25) is 0 Å². The van der Waals surface area contributed by atoms with Crippen LogP contribution in [0.15, 0.2) is 24.3 Å². The Bertz CT molecular complexity index is 512. The second kappa shape index (κ2) is 12.2. The Morgan fingerprint density at radius 1 is 1.19 bits per heavy atom. The van der Waals surface area contributed by atoms with Gasteiger partial charge in [-0.3, -0.25) is 9.69 Å². The molecule has 1 aromatic carbocycles. The van der Waals surface area contributed by atoms with E-state index in [4.69, 9.17) is 4.74 Å². The van der Waals surface area contributed by atoms with E-state index in [0.717, 1.165) is 64.4 Å². The van der Waals surface area contributed by atoms with Gasteiger partial charge in [0.15, 0.2) is 0 Å². The standard InChI is InChI=1S/C20H33N3O2.ClH/c1-4-22(5-2)15-12-21-20(24)18-10-13-23(14-11-18)16-17-6-8-19(25-3)9-7-17;/h6-9,18H,4-5,10-16H2,1-3H3,(H,21,24);1H. The lowest BCUT2D eigenvalue weighted by Gasteiger charge is -2.31. The Kier molecular flexibility index (Phi) is 10.6. The molecule has 1 amide bonds. The minimum Gasteiger partial charge on any atom is -0.497 e. The molecule has 5 nitrogen and oxygen atoms in total. The van der Waals surface area contributed by atoms with Crippen LogP contribution in [0.4, 0.5) is 0 Å². The van der Waals surface area contributed by atoms with E-state index in [1.54, 1.807) is 7.11 Å². The van der Waals surface area contributed by atoms with Crippen LogP contribution in [-0.2, 0) is 11.3 Å². The van der Waals surface area contributed by atoms with Crippen molar-refractivity contribution < 1.29 is 9.53 Å². The molecule has 2 rings (SSSR count). The molecule has 0 radical (unpaired) electrons. The van der Waals surface area contributed by atoms with E-state index in [1.165, 1.54) is 5.56 Å². The van der Waals surface area contributed by atoms with Crippen molar-refractivity contribution in [2.24, 2.45) is 5.92 Å². The summed E-state index contributed by atoms with van der Waals surface area (Å²) in [4.78, 5) is 17.1. The van der Waals surface area contributed by atoms with Crippen molar-refractivity contribution in [1.82, 2.24) is 15.1 Å². The molecular formula is C20H34ClN3O2. The predicted octanol–water partition coefficient (Wildman–Crippen LogP) is 2.79. The maximum atomic E-state index is 12.3. The van der Waals surface area contributed by atoms with E-state index in [2.05, 4.69) is 41.1 Å². The first kappa shape index (κ1) is 22.7. The number of methoxy groups -OCH3 is 1. The Balaban J connectivity index is 0.00000338. The second-order valence-corrected chi connectivity index (χ2v) is 6.72. The predicted molar refractivity (Wildman–Crippen MR) is 109 cm³/mol. The van der Waals surface area contributed by atoms with Gasteiger partial charge in [0.05, 0.1) is 7.11 Å². The number of hydrogen-bond donors (Lipinski definition) is 1. The molecule has 0 bridgehead atoms. The van der Waals surface area contributed by atoms with Gasteiger partial charge in [-0.25, -0.2) is 0 Å². The van der Waals surface area contributed by atoms with Crippen molar-refractivity contribution in [1.29, 1.82) is 0 Å². The van der Waals surface area contributed by atoms with E-state index in [9.17, 15) is 4.79 Å². The number of piperidine rings is 1. The Morgan fingerprint density at radius 3 is 2.35 bits per heavy atom. The number of likely N-dealkylation sites (N-methyl/N-ethyl adjacent to an activating group) is 1. The number of carbonyl (C=O) groups is 1. The van der Waals surface area contributed by atoms with Crippen molar-refractivity contribution >= 4 is 18.3 Å². The number of likely N-dealkylation sites (tertiary alicyclic amines) is 1. The number of ether oxygens (including phenoxy) is 1. The first-order chi connectivity index (χ1) is 12.2. The summed E-state index contributed by atoms with van der Waals surface area (Å²) < 4.78 is 5.20. The average molecular weight is 384 g/mol. The van der Waals surface area contributed by atoms with Crippen molar-refractivity contribution in [3.05, 3.63) is 29.8 Å². The summed E-state index contributed by atoms with van der Waals surface area (Å²) >= 11 is 0. The zero-order valence-corrected chi connectivity index (χ0v) is 17.2. The Labute approximate surface area is 164 Å². The van der Waals surface area contributed by atoms with Gasteiger partial charge in [-0.2, -0.15) is 0 Å². The highest BCUT2D eigenvalue weighted by molar-refractivity contribution is 5.85. The van der Waals surface area contributed by atoms with E-state index >= 15 is 0 Å². The van der Waals surface area contributed by atoms with Crippen LogP contribution < -0.4 is 10.1 Å². The fraction of sp³-hybridized carbons (Fsp3) is 0.650. The number of amides is 1. The molecule has 0 aromatic heterocycles. The normalized spacial score (nSPS) is 15.5. The largest absolute Gasteiger partial charge is 0.497 e. The van der Waals surface area contributed by atoms with Gasteiger partial charge in [-0.05, 0) is 56.7 Å². The summed E-state index contributed by atoms with van der Waals surface area (Å²) in [6, 6.07) is 8.24. The number of hydrogen-bond acceptors (Lipinski definition) is 4. The molecule has 1 aliphatic heterocycles. The summed E-state index contributed by atoms with van der Waals surface area (Å²) in [5.41, 5.74) is 1.29. The van der Waals surface area contributed by atoms with Gasteiger partial charge in [0.2, 0.25) is 5.91 Å². The number of nitrogens with zero attached hydrogens (tertiary/aromatic N) is 2. The minimum atomic E-state index is 0. The summed E-state index contributed by atoms with van der Waals surface area (Å²) in [6.07, 6.45) is 1.90. The van der Waals surface area contributed by atoms with Gasteiger partial charge in [0.25, 0.3) is 0 Å². The number of halogens is 1. The van der Waals surface area contributed by atoms with Crippen LogP contribution in [0.3, 0.4) is 0 Å². The molecule has 26 heavy (non-hydrogen) atoms. The molecule has 1 saturated heterocycles. The maximum Gasteiger partial charge on any atom is 0.223 e. The Morgan fingerprint density at radius 2 is 1.81 bits per heavy atom. The Hall–Kier alpha value is -1.30. The van der Waals surface area contributed by atoms with Crippen LogP contribution in [0, 0.1) is 5.92 Å². The first-order valence-electron chi connectivity index (χ1n) is 9.51. The SMILES string of the molecule is CCN(CC)CCNC(=O)C1CCN(Cc2ccc(OC)cc2)CC1.Cl. The molecule has 0 saturated carbocycles. The smallest absolute Gasteiger partial charge is 0.223 e. The molecule has 1 N–H and O–H groups in total. The molecule has 0 spiro atoms. The highest BCUT2D eigenvalue weighted by Crippen LogP contribution is 2.20. The van der Waals surface area contributed by atoms with Crippen LogP contribution in [0.25, 0.3) is 0 Å². The molecule has 0 atom stereocenters. The van der Waals surface area contributed by atoms with Crippen LogP contribution in [-0.4, -0.2) is 62.1 Å². The molecule has 148 valence electrons. The lowest BCUT2D eigenvalue weighted by molar-refractivity contribution is -0.126. The summed E-state index contributed by atoms with van der Waals surface area (Å²) in [5, 5.41) is 3.12. The maximum absolute atomic E-state index is 12.3. The van der Waals surface area contributed by atoms with E-state index < -0.39 is 0 Å². The quantitative estimate of drug-likeness (QED) is 0.712. The molecular weight excluding hydrogens is 350 g/mol. The molecule has 1 aromatic rings. The molecule has 1 aliphatic rings. The van der Waals surface area contributed by atoms with Crippen molar-refractivity contribution in [3.63, 3.8) is 0 Å². The molecule has 1 heterocycles. The van der Waals surface area contributed by atoms with E-state index in [0.29, 0.717) is 0 Å². The molecule has 6 heteroatoms. The third-order valence-electron chi connectivity index (χ3n) is 5.15. The van der Waals surface area contributed by atoms with Crippen LogP contribution in [0.1, 0.15) is 32.3 Å². The third-order valence-corrected chi connectivity index (χ3v) is 5.15. The zero-order valence-electron chi connectivity index (χ0n) is 16.4. The highest BCUT2D eigenvalue weighted by Gasteiger charge is 2.24. The van der Waals surface area contributed by atoms with Crippen molar-refractivity contribution in [2.45, 2.75) is 33.2 Å². The zero-order chi connectivity index (χ0) is 18.1. The van der Waals surface area contributed by atoms with E-state index in [-0.39, 0.29) is 24.2 Å². The minimum absolute atomic E-state index is 0. The molecule has 0 unspecified atom stereocenters. The summed E-state index contributed by atoms with van der Waals surface area (Å²) in [7, 11) is 1.69. The topological polar surface area (TPSA) is 44.8 Å². The lowest BCUT2D eigenvalue weighted by Crippen LogP contribution is -2.42. The number of rotatable bonds is 9. The van der Waals surface area contributed by atoms with Crippen LogP contribution in [0.5, 0.6) is 5.75 Å². The highest BCUT2D eigenvalue weighted by atomic mass is 35.5. The van der Waals surface area contributed by atoms with Gasteiger partial charge in [0, 0.05) is 25.6 Å². The lowest BCUT2D eigenvalue weighted by atomic mass is 9.95. The second-order valence-electron chi connectivity index (χ2n) is 6.72. The molecule has 1 fully saturated rings.